The molecule has 7 heteroatoms. The summed E-state index contributed by atoms with van der Waals surface area (Å²) in [5.41, 5.74) is -1.14. The maximum absolute atomic E-state index is 12.4. The lowest BCUT2D eigenvalue weighted by molar-refractivity contribution is -0.141. The maximum atomic E-state index is 12.4. The van der Waals surface area contributed by atoms with Gasteiger partial charge in [0.25, 0.3) is 0 Å². The number of nitrogens with zero attached hydrogens (tertiary/aromatic N) is 2. The third kappa shape index (κ3) is 3.49. The van der Waals surface area contributed by atoms with Crippen molar-refractivity contribution in [1.29, 1.82) is 0 Å². The summed E-state index contributed by atoms with van der Waals surface area (Å²) in [4.78, 5) is 0. The van der Waals surface area contributed by atoms with Crippen LogP contribution >= 0.6 is 0 Å². The highest BCUT2D eigenvalue weighted by atomic mass is 19.4. The molecule has 112 valence electrons. The van der Waals surface area contributed by atoms with E-state index in [1.165, 1.54) is 6.07 Å². The molecule has 0 amide bonds. The first-order chi connectivity index (χ1) is 9.85. The lowest BCUT2D eigenvalue weighted by Crippen LogP contribution is -2.36. The Kier molecular flexibility index (Phi) is 4.13. The van der Waals surface area contributed by atoms with Crippen LogP contribution < -0.4 is 5.32 Å². The standard InChI is InChI=1S/C14H14F3N3O/c1-13(9-21,10-5-3-2-4-6-10)18-12-8-7-11(19-20-12)14(15,16)17/h2-8,21H,9H2,1H3,(H,18,20). The Morgan fingerprint density at radius 1 is 1.05 bits per heavy atom. The predicted molar refractivity (Wildman–Crippen MR) is 71.5 cm³/mol. The second-order valence-electron chi connectivity index (χ2n) is 4.78. The molecule has 2 rings (SSSR count). The fourth-order valence-corrected chi connectivity index (χ4v) is 1.84. The van der Waals surface area contributed by atoms with Crippen LogP contribution in [0, 0.1) is 0 Å². The van der Waals surface area contributed by atoms with Gasteiger partial charge < -0.3 is 10.4 Å². The number of hydrogen-bond acceptors (Lipinski definition) is 4. The summed E-state index contributed by atoms with van der Waals surface area (Å²) in [6, 6.07) is 11.1. The van der Waals surface area contributed by atoms with E-state index in [9.17, 15) is 18.3 Å². The molecule has 2 aromatic rings. The average molecular weight is 297 g/mol. The van der Waals surface area contributed by atoms with Crippen LogP contribution in [0.15, 0.2) is 42.5 Å². The van der Waals surface area contributed by atoms with Crippen LogP contribution in [0.2, 0.25) is 0 Å². The summed E-state index contributed by atoms with van der Waals surface area (Å²) < 4.78 is 37.3. The molecule has 0 fully saturated rings. The number of anilines is 1. The van der Waals surface area contributed by atoms with Gasteiger partial charge in [0.05, 0.1) is 12.1 Å². The maximum Gasteiger partial charge on any atom is 0.435 e. The van der Waals surface area contributed by atoms with Crippen molar-refractivity contribution in [2.75, 3.05) is 11.9 Å². The van der Waals surface area contributed by atoms with Crippen molar-refractivity contribution in [2.24, 2.45) is 0 Å². The third-order valence-electron chi connectivity index (χ3n) is 3.09. The zero-order valence-electron chi connectivity index (χ0n) is 11.2. The van der Waals surface area contributed by atoms with E-state index in [4.69, 9.17) is 0 Å². The number of aliphatic hydroxyl groups is 1. The molecular weight excluding hydrogens is 283 g/mol. The Bertz CT molecular complexity index is 587. The van der Waals surface area contributed by atoms with Crippen molar-refractivity contribution in [2.45, 2.75) is 18.6 Å². The number of aliphatic hydroxyl groups excluding tert-OH is 1. The highest BCUT2D eigenvalue weighted by molar-refractivity contribution is 5.41. The molecule has 0 aliphatic heterocycles. The average Bonchev–Trinajstić information content (AvgIpc) is 2.47. The molecule has 0 bridgehead atoms. The Morgan fingerprint density at radius 2 is 1.71 bits per heavy atom. The minimum absolute atomic E-state index is 0.156. The summed E-state index contributed by atoms with van der Waals surface area (Å²) in [5, 5.41) is 19.2. The van der Waals surface area contributed by atoms with Gasteiger partial charge in [-0.1, -0.05) is 30.3 Å². The molecule has 0 aliphatic carbocycles. The van der Waals surface area contributed by atoms with Crippen LogP contribution in [-0.2, 0) is 11.7 Å². The van der Waals surface area contributed by atoms with Gasteiger partial charge in [-0.05, 0) is 24.6 Å². The molecular formula is C14H14F3N3O. The quantitative estimate of drug-likeness (QED) is 0.911. The van der Waals surface area contributed by atoms with E-state index in [0.29, 0.717) is 0 Å². The summed E-state index contributed by atoms with van der Waals surface area (Å²) in [7, 11) is 0. The summed E-state index contributed by atoms with van der Waals surface area (Å²) in [5.74, 6) is 0.156. The van der Waals surface area contributed by atoms with Gasteiger partial charge in [0.1, 0.15) is 5.82 Å². The van der Waals surface area contributed by atoms with Crippen molar-refractivity contribution in [3.8, 4) is 0 Å². The molecule has 2 N–H and O–H groups in total. The lowest BCUT2D eigenvalue weighted by atomic mass is 9.93. The van der Waals surface area contributed by atoms with E-state index in [2.05, 4.69) is 15.5 Å². The second kappa shape index (κ2) is 5.69. The van der Waals surface area contributed by atoms with E-state index in [1.54, 1.807) is 19.1 Å². The van der Waals surface area contributed by atoms with Crippen LogP contribution in [0.1, 0.15) is 18.2 Å². The third-order valence-corrected chi connectivity index (χ3v) is 3.09. The zero-order chi connectivity index (χ0) is 15.5. The van der Waals surface area contributed by atoms with Crippen LogP contribution in [0.3, 0.4) is 0 Å². The largest absolute Gasteiger partial charge is 0.435 e. The molecule has 0 spiro atoms. The van der Waals surface area contributed by atoms with Gasteiger partial charge in [-0.2, -0.15) is 13.2 Å². The zero-order valence-corrected chi connectivity index (χ0v) is 11.2. The molecule has 4 nitrogen and oxygen atoms in total. The smallest absolute Gasteiger partial charge is 0.394 e. The minimum Gasteiger partial charge on any atom is -0.394 e. The van der Waals surface area contributed by atoms with E-state index >= 15 is 0 Å². The van der Waals surface area contributed by atoms with Gasteiger partial charge in [-0.3, -0.25) is 0 Å². The molecule has 1 aromatic carbocycles. The van der Waals surface area contributed by atoms with Gasteiger partial charge in [-0.15, -0.1) is 10.2 Å². The molecule has 1 aromatic heterocycles. The van der Waals surface area contributed by atoms with Crippen molar-refractivity contribution in [3.63, 3.8) is 0 Å². The lowest BCUT2D eigenvalue weighted by Gasteiger charge is -2.29. The molecule has 0 saturated carbocycles. The fourth-order valence-electron chi connectivity index (χ4n) is 1.84. The molecule has 1 atom stereocenters. The van der Waals surface area contributed by atoms with E-state index in [-0.39, 0.29) is 12.4 Å². The molecule has 21 heavy (non-hydrogen) atoms. The highest BCUT2D eigenvalue weighted by Gasteiger charge is 2.33. The van der Waals surface area contributed by atoms with E-state index in [1.807, 2.05) is 18.2 Å². The molecule has 0 saturated heterocycles. The minimum atomic E-state index is -4.52. The molecule has 0 radical (unpaired) electrons. The van der Waals surface area contributed by atoms with Gasteiger partial charge in [-0.25, -0.2) is 0 Å². The number of hydrogen-bond donors (Lipinski definition) is 2. The fraction of sp³-hybridized carbons (Fsp3) is 0.286. The Hall–Kier alpha value is -2.15. The normalized spacial score (nSPS) is 14.5. The number of halogens is 3. The van der Waals surface area contributed by atoms with Crippen molar-refractivity contribution >= 4 is 5.82 Å². The van der Waals surface area contributed by atoms with Gasteiger partial charge in [0, 0.05) is 0 Å². The number of aromatic nitrogens is 2. The Labute approximate surface area is 119 Å². The SMILES string of the molecule is CC(CO)(Nc1ccc(C(F)(F)F)nn1)c1ccccc1. The Morgan fingerprint density at radius 3 is 2.19 bits per heavy atom. The first-order valence-electron chi connectivity index (χ1n) is 6.21. The Balaban J connectivity index is 2.23. The van der Waals surface area contributed by atoms with E-state index < -0.39 is 17.4 Å². The van der Waals surface area contributed by atoms with Crippen LogP contribution in [-0.4, -0.2) is 21.9 Å². The van der Waals surface area contributed by atoms with E-state index in [0.717, 1.165) is 11.6 Å². The van der Waals surface area contributed by atoms with Crippen molar-refractivity contribution in [3.05, 3.63) is 53.7 Å². The summed E-state index contributed by atoms with van der Waals surface area (Å²) >= 11 is 0. The van der Waals surface area contributed by atoms with Gasteiger partial charge >= 0.3 is 6.18 Å². The molecule has 1 unspecified atom stereocenters. The number of benzene rings is 1. The summed E-state index contributed by atoms with van der Waals surface area (Å²) in [6.45, 7) is 1.47. The first-order valence-corrected chi connectivity index (χ1v) is 6.21. The second-order valence-corrected chi connectivity index (χ2v) is 4.78. The van der Waals surface area contributed by atoms with Crippen molar-refractivity contribution < 1.29 is 18.3 Å². The predicted octanol–water partition coefficient (Wildman–Crippen LogP) is 2.82. The highest BCUT2D eigenvalue weighted by Crippen LogP contribution is 2.28. The van der Waals surface area contributed by atoms with Crippen LogP contribution in [0.25, 0.3) is 0 Å². The number of alkyl halides is 3. The summed E-state index contributed by atoms with van der Waals surface area (Å²) in [6.07, 6.45) is -4.52. The first kappa shape index (κ1) is 15.2. The topological polar surface area (TPSA) is 58.0 Å². The van der Waals surface area contributed by atoms with Gasteiger partial charge in [0.15, 0.2) is 5.69 Å². The number of nitrogens with one attached hydrogen (secondary N) is 1. The van der Waals surface area contributed by atoms with Gasteiger partial charge in [0.2, 0.25) is 0 Å². The number of rotatable bonds is 4. The van der Waals surface area contributed by atoms with Crippen LogP contribution in [0.5, 0.6) is 0 Å². The monoisotopic (exact) mass is 297 g/mol. The molecule has 1 heterocycles. The van der Waals surface area contributed by atoms with Crippen molar-refractivity contribution in [1.82, 2.24) is 10.2 Å². The van der Waals surface area contributed by atoms with Crippen LogP contribution in [0.4, 0.5) is 19.0 Å². The molecule has 0 aliphatic rings.